The molecule has 3 heterocycles. The lowest BCUT2D eigenvalue weighted by molar-refractivity contribution is -0.0668. The number of H-pyrrole nitrogens is 1. The molecular formula is C17H25N5. The number of nitrogens with zero attached hydrogens (tertiary/aromatic N) is 4. The predicted octanol–water partition coefficient (Wildman–Crippen LogP) is 2.91. The van der Waals surface area contributed by atoms with Gasteiger partial charge in [-0.15, -0.1) is 0 Å². The van der Waals surface area contributed by atoms with Gasteiger partial charge in [-0.1, -0.05) is 13.8 Å². The maximum absolute atomic E-state index is 4.70. The van der Waals surface area contributed by atoms with Crippen molar-refractivity contribution in [1.82, 2.24) is 24.4 Å². The molecule has 1 saturated heterocycles. The fraction of sp³-hybridized carbons (Fsp3) is 0.647. The second-order valence-electron chi connectivity index (χ2n) is 7.69. The van der Waals surface area contributed by atoms with Crippen LogP contribution in [-0.4, -0.2) is 31.0 Å². The smallest absolute Gasteiger partial charge is 0.126 e. The van der Waals surface area contributed by atoms with E-state index in [1.165, 1.54) is 18.7 Å². The highest BCUT2D eigenvalue weighted by molar-refractivity contribution is 5.13. The Labute approximate surface area is 131 Å². The predicted molar refractivity (Wildman–Crippen MR) is 85.2 cm³/mol. The maximum atomic E-state index is 4.70. The van der Waals surface area contributed by atoms with Gasteiger partial charge >= 0.3 is 0 Å². The molecule has 1 aliphatic heterocycles. The molecule has 2 fully saturated rings. The molecule has 2 aliphatic rings. The van der Waals surface area contributed by atoms with E-state index >= 15 is 0 Å². The van der Waals surface area contributed by atoms with Crippen molar-refractivity contribution in [2.75, 3.05) is 6.54 Å². The first kappa shape index (κ1) is 14.0. The Hall–Kier alpha value is -1.62. The highest BCUT2D eigenvalue weighted by Gasteiger charge is 2.48. The summed E-state index contributed by atoms with van der Waals surface area (Å²) in [4.78, 5) is 15.0. The third kappa shape index (κ3) is 2.47. The molecule has 5 nitrogen and oxygen atoms in total. The lowest BCUT2D eigenvalue weighted by atomic mass is 9.74. The van der Waals surface area contributed by atoms with E-state index in [1.807, 2.05) is 12.4 Å². The molecule has 0 bridgehead atoms. The minimum atomic E-state index is 0.272. The van der Waals surface area contributed by atoms with Gasteiger partial charge in [0.25, 0.3) is 0 Å². The normalized spacial score (nSPS) is 24.4. The maximum Gasteiger partial charge on any atom is 0.126 e. The third-order valence-corrected chi connectivity index (χ3v) is 4.97. The molecule has 5 heteroatoms. The van der Waals surface area contributed by atoms with Gasteiger partial charge in [-0.3, -0.25) is 4.90 Å². The summed E-state index contributed by atoms with van der Waals surface area (Å²) < 4.78 is 2.38. The van der Waals surface area contributed by atoms with Gasteiger partial charge in [0.1, 0.15) is 11.6 Å². The van der Waals surface area contributed by atoms with Gasteiger partial charge in [0, 0.05) is 42.8 Å². The zero-order chi connectivity index (χ0) is 15.3. The quantitative estimate of drug-likeness (QED) is 0.923. The molecule has 1 unspecified atom stereocenters. The molecule has 1 atom stereocenters. The Balaban J connectivity index is 1.55. The largest absolute Gasteiger partial charge is 0.345 e. The number of nitrogens with one attached hydrogen (secondary N) is 1. The van der Waals surface area contributed by atoms with E-state index in [4.69, 9.17) is 4.98 Å². The SMILES string of the molecule is Cc1cnc(CN2CC(C)(C)C2c2nccn2CC2CC2)[nH]1. The Morgan fingerprint density at radius 2 is 2.14 bits per heavy atom. The molecule has 0 spiro atoms. The molecule has 1 N–H and O–H groups in total. The van der Waals surface area contributed by atoms with Crippen LogP contribution < -0.4 is 0 Å². The summed E-state index contributed by atoms with van der Waals surface area (Å²) in [6.07, 6.45) is 8.77. The van der Waals surface area contributed by atoms with Crippen molar-refractivity contribution in [3.63, 3.8) is 0 Å². The van der Waals surface area contributed by atoms with E-state index in [9.17, 15) is 0 Å². The van der Waals surface area contributed by atoms with Crippen molar-refractivity contribution < 1.29 is 0 Å². The monoisotopic (exact) mass is 299 g/mol. The summed E-state index contributed by atoms with van der Waals surface area (Å²) in [5.74, 6) is 3.15. The fourth-order valence-electron chi connectivity index (χ4n) is 3.78. The van der Waals surface area contributed by atoms with Gasteiger partial charge in [-0.05, 0) is 25.7 Å². The average Bonchev–Trinajstić information content (AvgIpc) is 3.00. The molecule has 4 rings (SSSR count). The Morgan fingerprint density at radius 3 is 2.77 bits per heavy atom. The molecule has 1 saturated carbocycles. The number of aromatic nitrogens is 4. The van der Waals surface area contributed by atoms with Gasteiger partial charge in [-0.25, -0.2) is 9.97 Å². The second-order valence-corrected chi connectivity index (χ2v) is 7.69. The van der Waals surface area contributed by atoms with Crippen molar-refractivity contribution in [2.45, 2.75) is 52.7 Å². The van der Waals surface area contributed by atoms with Crippen molar-refractivity contribution in [2.24, 2.45) is 11.3 Å². The van der Waals surface area contributed by atoms with Crippen molar-refractivity contribution in [3.8, 4) is 0 Å². The van der Waals surface area contributed by atoms with Crippen LogP contribution in [0.2, 0.25) is 0 Å². The molecule has 2 aromatic rings. The Bertz CT molecular complexity index is 664. The molecule has 22 heavy (non-hydrogen) atoms. The van der Waals surface area contributed by atoms with Crippen LogP contribution in [-0.2, 0) is 13.1 Å². The Kier molecular flexibility index (Phi) is 3.15. The minimum absolute atomic E-state index is 0.272. The number of rotatable bonds is 5. The van der Waals surface area contributed by atoms with E-state index in [-0.39, 0.29) is 5.41 Å². The number of likely N-dealkylation sites (tertiary alicyclic amines) is 1. The lowest BCUT2D eigenvalue weighted by Crippen LogP contribution is -2.55. The molecule has 0 radical (unpaired) electrons. The topological polar surface area (TPSA) is 49.7 Å². The summed E-state index contributed by atoms with van der Waals surface area (Å²) in [5.41, 5.74) is 1.40. The fourth-order valence-corrected chi connectivity index (χ4v) is 3.78. The second kappa shape index (κ2) is 4.95. The minimum Gasteiger partial charge on any atom is -0.345 e. The summed E-state index contributed by atoms with van der Waals surface area (Å²) in [6.45, 7) is 9.84. The van der Waals surface area contributed by atoms with E-state index in [2.05, 4.69) is 46.4 Å². The van der Waals surface area contributed by atoms with Crippen LogP contribution in [0.25, 0.3) is 0 Å². The molecular weight excluding hydrogens is 274 g/mol. The first-order valence-electron chi connectivity index (χ1n) is 8.28. The molecule has 118 valence electrons. The Morgan fingerprint density at radius 1 is 1.32 bits per heavy atom. The van der Waals surface area contributed by atoms with E-state index < -0.39 is 0 Å². The summed E-state index contributed by atoms with van der Waals surface area (Å²) >= 11 is 0. The van der Waals surface area contributed by atoms with Crippen molar-refractivity contribution >= 4 is 0 Å². The van der Waals surface area contributed by atoms with Gasteiger partial charge in [0.05, 0.1) is 12.6 Å². The highest BCUT2D eigenvalue weighted by Crippen LogP contribution is 2.48. The van der Waals surface area contributed by atoms with Crippen LogP contribution in [0.5, 0.6) is 0 Å². The number of hydrogen-bond acceptors (Lipinski definition) is 3. The van der Waals surface area contributed by atoms with Crippen LogP contribution >= 0.6 is 0 Å². The number of hydrogen-bond donors (Lipinski definition) is 1. The third-order valence-electron chi connectivity index (χ3n) is 4.97. The van der Waals surface area contributed by atoms with E-state index in [0.29, 0.717) is 6.04 Å². The van der Waals surface area contributed by atoms with Crippen LogP contribution in [0.4, 0.5) is 0 Å². The zero-order valence-corrected chi connectivity index (χ0v) is 13.7. The van der Waals surface area contributed by atoms with E-state index in [1.54, 1.807) is 0 Å². The molecule has 0 aromatic carbocycles. The first-order valence-corrected chi connectivity index (χ1v) is 8.28. The van der Waals surface area contributed by atoms with Crippen LogP contribution in [0.1, 0.15) is 50.1 Å². The number of imidazole rings is 2. The van der Waals surface area contributed by atoms with Crippen LogP contribution in [0, 0.1) is 18.3 Å². The lowest BCUT2D eigenvalue weighted by Gasteiger charge is -2.53. The molecule has 1 aliphatic carbocycles. The van der Waals surface area contributed by atoms with Gasteiger partial charge in [-0.2, -0.15) is 0 Å². The number of aryl methyl sites for hydroxylation is 1. The molecule has 2 aromatic heterocycles. The van der Waals surface area contributed by atoms with Crippen molar-refractivity contribution in [1.29, 1.82) is 0 Å². The summed E-state index contributed by atoms with van der Waals surface area (Å²) in [6, 6.07) is 0.381. The van der Waals surface area contributed by atoms with Gasteiger partial charge < -0.3 is 9.55 Å². The van der Waals surface area contributed by atoms with Crippen LogP contribution in [0.15, 0.2) is 18.6 Å². The zero-order valence-electron chi connectivity index (χ0n) is 13.7. The number of aromatic amines is 1. The standard InChI is InChI=1S/C17H25N5/c1-12-8-19-14(20-12)10-22-11-17(2,3)15(22)16-18-6-7-21(16)9-13-4-5-13/h6-8,13,15H,4-5,9-11H2,1-3H3,(H,19,20). The van der Waals surface area contributed by atoms with E-state index in [0.717, 1.165) is 37.1 Å². The molecule has 0 amide bonds. The van der Waals surface area contributed by atoms with Gasteiger partial charge in [0.2, 0.25) is 0 Å². The first-order chi connectivity index (χ1) is 10.5. The summed E-state index contributed by atoms with van der Waals surface area (Å²) in [5, 5.41) is 0. The average molecular weight is 299 g/mol. The summed E-state index contributed by atoms with van der Waals surface area (Å²) in [7, 11) is 0. The van der Waals surface area contributed by atoms with Crippen molar-refractivity contribution in [3.05, 3.63) is 35.9 Å². The highest BCUT2D eigenvalue weighted by atomic mass is 15.3. The van der Waals surface area contributed by atoms with Gasteiger partial charge in [0.15, 0.2) is 0 Å². The van der Waals surface area contributed by atoms with Crippen LogP contribution in [0.3, 0.4) is 0 Å².